The van der Waals surface area contributed by atoms with Crippen LogP contribution in [-0.4, -0.2) is 23.0 Å². The fraction of sp³-hybridized carbons (Fsp3) is 0.538. The molecule has 2 N–H and O–H groups in total. The van der Waals surface area contributed by atoms with E-state index in [-0.39, 0.29) is 11.4 Å². The number of halogens is 1. The minimum atomic E-state index is -0.123. The first-order valence-electron chi connectivity index (χ1n) is 6.26. The summed E-state index contributed by atoms with van der Waals surface area (Å²) in [5, 5.41) is 6.53. The smallest absolute Gasteiger partial charge is 0.253 e. The number of carbonyl (C=O) groups is 1. The van der Waals surface area contributed by atoms with Crippen LogP contribution in [0, 0.1) is 0 Å². The maximum Gasteiger partial charge on any atom is 0.253 e. The first-order valence-corrected chi connectivity index (χ1v) is 6.64. The van der Waals surface area contributed by atoms with E-state index >= 15 is 0 Å². The number of pyridine rings is 1. The molecular weight excluding hydrogens is 250 g/mol. The first kappa shape index (κ1) is 13.1. The van der Waals surface area contributed by atoms with Crippen LogP contribution in [0.4, 0.5) is 5.82 Å². The van der Waals surface area contributed by atoms with E-state index in [9.17, 15) is 4.79 Å². The van der Waals surface area contributed by atoms with Gasteiger partial charge in [-0.2, -0.15) is 0 Å². The molecule has 1 aromatic heterocycles. The lowest BCUT2D eigenvalue weighted by Crippen LogP contribution is -2.34. The number of aromatic nitrogens is 1. The molecule has 1 fully saturated rings. The summed E-state index contributed by atoms with van der Waals surface area (Å²) in [6, 6.07) is 1.71. The van der Waals surface area contributed by atoms with Crippen molar-refractivity contribution in [3.63, 3.8) is 0 Å². The molecule has 2 rings (SSSR count). The Morgan fingerprint density at radius 3 is 2.89 bits per heavy atom. The highest BCUT2D eigenvalue weighted by atomic mass is 35.5. The van der Waals surface area contributed by atoms with E-state index in [1.165, 1.54) is 6.20 Å². The molecule has 1 heterocycles. The topological polar surface area (TPSA) is 54.0 Å². The second kappa shape index (κ2) is 5.14. The van der Waals surface area contributed by atoms with Crippen LogP contribution in [0.25, 0.3) is 0 Å². The fourth-order valence-electron chi connectivity index (χ4n) is 1.62. The Morgan fingerprint density at radius 1 is 1.56 bits per heavy atom. The highest BCUT2D eigenvalue weighted by molar-refractivity contribution is 6.33. The minimum Gasteiger partial charge on any atom is -0.370 e. The molecule has 0 unspecified atom stereocenters. The molecule has 0 aromatic carbocycles. The summed E-state index contributed by atoms with van der Waals surface area (Å²) < 4.78 is 0. The van der Waals surface area contributed by atoms with Crippen molar-refractivity contribution in [1.82, 2.24) is 10.3 Å². The number of amides is 1. The van der Waals surface area contributed by atoms with Gasteiger partial charge in [0.25, 0.3) is 5.91 Å². The van der Waals surface area contributed by atoms with Gasteiger partial charge in [-0.1, -0.05) is 18.5 Å². The van der Waals surface area contributed by atoms with E-state index in [0.717, 1.165) is 25.8 Å². The van der Waals surface area contributed by atoms with Gasteiger partial charge in [-0.25, -0.2) is 4.98 Å². The van der Waals surface area contributed by atoms with Crippen molar-refractivity contribution < 1.29 is 4.79 Å². The van der Waals surface area contributed by atoms with Crippen molar-refractivity contribution >= 4 is 23.3 Å². The molecule has 0 atom stereocenters. The van der Waals surface area contributed by atoms with Gasteiger partial charge in [-0.15, -0.1) is 0 Å². The average Bonchev–Trinajstić information content (AvgIpc) is 3.05. The van der Waals surface area contributed by atoms with Crippen LogP contribution in [0.15, 0.2) is 12.3 Å². The summed E-state index contributed by atoms with van der Waals surface area (Å²) >= 11 is 6.02. The quantitative estimate of drug-likeness (QED) is 0.863. The van der Waals surface area contributed by atoms with Gasteiger partial charge in [0.05, 0.1) is 10.6 Å². The number of hydrogen-bond acceptors (Lipinski definition) is 3. The van der Waals surface area contributed by atoms with Crippen LogP contribution in [0.3, 0.4) is 0 Å². The average molecular weight is 268 g/mol. The summed E-state index contributed by atoms with van der Waals surface area (Å²) in [5.74, 6) is 0.564. The second-order valence-electron chi connectivity index (χ2n) is 4.99. The molecule has 1 saturated carbocycles. The standard InChI is InChI=1S/C13H18ClN3O/c1-3-6-15-11-7-9(10(14)8-16-11)12(18)17-13(2)4-5-13/h7-8H,3-6H2,1-2H3,(H,15,16)(H,17,18). The molecule has 98 valence electrons. The van der Waals surface area contributed by atoms with Crippen LogP contribution in [-0.2, 0) is 0 Å². The molecule has 0 aliphatic heterocycles. The third-order valence-electron chi connectivity index (χ3n) is 3.07. The lowest BCUT2D eigenvalue weighted by atomic mass is 10.2. The lowest BCUT2D eigenvalue weighted by molar-refractivity contribution is 0.0935. The monoisotopic (exact) mass is 267 g/mol. The highest BCUT2D eigenvalue weighted by Gasteiger charge is 2.39. The maximum absolute atomic E-state index is 12.1. The Balaban J connectivity index is 2.12. The summed E-state index contributed by atoms with van der Waals surface area (Å²) in [4.78, 5) is 16.2. The molecule has 0 bridgehead atoms. The SMILES string of the molecule is CCCNc1cc(C(=O)NC2(C)CC2)c(Cl)cn1. The third-order valence-corrected chi connectivity index (χ3v) is 3.37. The van der Waals surface area contributed by atoms with Crippen molar-refractivity contribution in [2.75, 3.05) is 11.9 Å². The number of carbonyl (C=O) groups excluding carboxylic acids is 1. The highest BCUT2D eigenvalue weighted by Crippen LogP contribution is 2.35. The molecule has 0 spiro atoms. The molecular formula is C13H18ClN3O. The van der Waals surface area contributed by atoms with Crippen molar-refractivity contribution in [2.24, 2.45) is 0 Å². The van der Waals surface area contributed by atoms with Crippen molar-refractivity contribution in [1.29, 1.82) is 0 Å². The van der Waals surface area contributed by atoms with E-state index in [2.05, 4.69) is 22.5 Å². The maximum atomic E-state index is 12.1. The van der Waals surface area contributed by atoms with Crippen LogP contribution in [0.5, 0.6) is 0 Å². The van der Waals surface area contributed by atoms with E-state index in [1.54, 1.807) is 6.07 Å². The first-order chi connectivity index (χ1) is 8.54. The largest absolute Gasteiger partial charge is 0.370 e. The van der Waals surface area contributed by atoms with Crippen LogP contribution >= 0.6 is 11.6 Å². The minimum absolute atomic E-state index is 0.0410. The molecule has 5 heteroatoms. The van der Waals surface area contributed by atoms with E-state index in [0.29, 0.717) is 16.4 Å². The lowest BCUT2D eigenvalue weighted by Gasteiger charge is -2.13. The predicted molar refractivity (Wildman–Crippen MR) is 73.1 cm³/mol. The number of anilines is 1. The Kier molecular flexibility index (Phi) is 3.76. The van der Waals surface area contributed by atoms with Gasteiger partial charge in [-0.3, -0.25) is 4.79 Å². The number of rotatable bonds is 5. The summed E-state index contributed by atoms with van der Waals surface area (Å²) in [7, 11) is 0. The molecule has 1 aromatic rings. The fourth-order valence-corrected chi connectivity index (χ4v) is 1.81. The van der Waals surface area contributed by atoms with Gasteiger partial charge < -0.3 is 10.6 Å². The van der Waals surface area contributed by atoms with Crippen molar-refractivity contribution in [2.45, 2.75) is 38.6 Å². The third kappa shape index (κ3) is 3.13. The van der Waals surface area contributed by atoms with Crippen LogP contribution in [0.1, 0.15) is 43.5 Å². The van der Waals surface area contributed by atoms with Gasteiger partial charge in [0.15, 0.2) is 0 Å². The molecule has 4 nitrogen and oxygen atoms in total. The zero-order valence-corrected chi connectivity index (χ0v) is 11.5. The second-order valence-corrected chi connectivity index (χ2v) is 5.40. The van der Waals surface area contributed by atoms with Crippen molar-refractivity contribution in [3.8, 4) is 0 Å². The molecule has 0 saturated heterocycles. The van der Waals surface area contributed by atoms with E-state index < -0.39 is 0 Å². The molecule has 1 aliphatic carbocycles. The molecule has 1 amide bonds. The number of nitrogens with one attached hydrogen (secondary N) is 2. The summed E-state index contributed by atoms with van der Waals surface area (Å²) in [5.41, 5.74) is 0.444. The Morgan fingerprint density at radius 2 is 2.28 bits per heavy atom. The van der Waals surface area contributed by atoms with E-state index in [1.807, 2.05) is 6.92 Å². The molecule has 0 radical (unpaired) electrons. The van der Waals surface area contributed by atoms with Gasteiger partial charge in [0.2, 0.25) is 0 Å². The normalized spacial score (nSPS) is 16.2. The van der Waals surface area contributed by atoms with Crippen LogP contribution < -0.4 is 10.6 Å². The Bertz CT molecular complexity index is 458. The van der Waals surface area contributed by atoms with E-state index in [4.69, 9.17) is 11.6 Å². The number of nitrogens with zero attached hydrogens (tertiary/aromatic N) is 1. The van der Waals surface area contributed by atoms with Crippen molar-refractivity contribution in [3.05, 3.63) is 22.8 Å². The van der Waals surface area contributed by atoms with Gasteiger partial charge in [-0.05, 0) is 32.3 Å². The molecule has 18 heavy (non-hydrogen) atoms. The van der Waals surface area contributed by atoms with Gasteiger partial charge >= 0.3 is 0 Å². The predicted octanol–water partition coefficient (Wildman–Crippen LogP) is 2.84. The zero-order chi connectivity index (χ0) is 13.2. The zero-order valence-electron chi connectivity index (χ0n) is 10.7. The summed E-state index contributed by atoms with van der Waals surface area (Å²) in [6.07, 6.45) is 4.58. The molecule has 1 aliphatic rings. The Labute approximate surface area is 112 Å². The summed E-state index contributed by atoms with van der Waals surface area (Å²) in [6.45, 7) is 4.94. The van der Waals surface area contributed by atoms with Gasteiger partial charge in [0.1, 0.15) is 5.82 Å². The Hall–Kier alpha value is -1.29. The van der Waals surface area contributed by atoms with Crippen LogP contribution in [0.2, 0.25) is 5.02 Å². The van der Waals surface area contributed by atoms with Gasteiger partial charge in [0, 0.05) is 18.3 Å². The number of hydrogen-bond donors (Lipinski definition) is 2.